The van der Waals surface area contributed by atoms with Crippen molar-refractivity contribution in [2.24, 2.45) is 5.11 Å². The van der Waals surface area contributed by atoms with Gasteiger partial charge in [-0.05, 0) is 35.4 Å². The van der Waals surface area contributed by atoms with Crippen LogP contribution in [0, 0.1) is 0 Å². The predicted octanol–water partition coefficient (Wildman–Crippen LogP) is 3.18. The summed E-state index contributed by atoms with van der Waals surface area (Å²) in [6.07, 6.45) is -2.25. The van der Waals surface area contributed by atoms with E-state index in [2.05, 4.69) is 10.0 Å². The van der Waals surface area contributed by atoms with Crippen LogP contribution in [0.4, 0.5) is 0 Å². The van der Waals surface area contributed by atoms with Gasteiger partial charge in [-0.25, -0.2) is 0 Å². The number of hydrogen-bond donors (Lipinski definition) is 2. The largest absolute Gasteiger partial charge is 0.457 e. The monoisotopic (exact) mass is 285 g/mol. The molecule has 2 atom stereocenters. The van der Waals surface area contributed by atoms with Gasteiger partial charge in [0.1, 0.15) is 17.6 Å². The highest BCUT2D eigenvalue weighted by atomic mass is 16.5. The average Bonchev–Trinajstić information content (AvgIpc) is 2.53. The number of ether oxygens (including phenoxy) is 1. The third-order valence-corrected chi connectivity index (χ3v) is 2.90. The highest BCUT2D eigenvalue weighted by molar-refractivity contribution is 5.33. The Morgan fingerprint density at radius 2 is 1.62 bits per heavy atom. The number of rotatable bonds is 6. The fraction of sp³-hybridized carbons (Fsp3) is 0.200. The molecule has 2 unspecified atom stereocenters. The minimum Gasteiger partial charge on any atom is -0.457 e. The Balaban J connectivity index is 2.03. The summed E-state index contributed by atoms with van der Waals surface area (Å²) in [5, 5.41) is 22.8. The maximum absolute atomic E-state index is 9.92. The first-order valence-corrected chi connectivity index (χ1v) is 6.40. The number of nitrogens with zero attached hydrogens (tertiary/aromatic N) is 3. The summed E-state index contributed by atoms with van der Waals surface area (Å²) in [5.41, 5.74) is 8.72. The minimum atomic E-state index is -1.14. The van der Waals surface area contributed by atoms with E-state index < -0.39 is 12.2 Å². The number of benzene rings is 2. The highest BCUT2D eigenvalue weighted by Gasteiger charge is 2.17. The van der Waals surface area contributed by atoms with Gasteiger partial charge in [0.05, 0.1) is 12.6 Å². The Hall–Kier alpha value is -2.53. The second-order valence-electron chi connectivity index (χ2n) is 4.41. The van der Waals surface area contributed by atoms with Crippen molar-refractivity contribution < 1.29 is 14.9 Å². The van der Waals surface area contributed by atoms with Crippen LogP contribution < -0.4 is 4.74 Å². The number of hydrogen-bond acceptors (Lipinski definition) is 4. The van der Waals surface area contributed by atoms with Gasteiger partial charge in [-0.1, -0.05) is 35.4 Å². The first-order valence-electron chi connectivity index (χ1n) is 6.40. The van der Waals surface area contributed by atoms with E-state index in [4.69, 9.17) is 10.3 Å². The standard InChI is InChI=1S/C15H15N3O3/c16-18-17-10-14(19)15(20)11-6-8-13(9-7-11)21-12-4-2-1-3-5-12/h1-9,14-15,19-20H,10H2. The van der Waals surface area contributed by atoms with Gasteiger partial charge in [-0.15, -0.1) is 0 Å². The molecule has 21 heavy (non-hydrogen) atoms. The lowest BCUT2D eigenvalue weighted by Gasteiger charge is -2.16. The van der Waals surface area contributed by atoms with Crippen LogP contribution in [-0.4, -0.2) is 22.9 Å². The van der Waals surface area contributed by atoms with Crippen LogP contribution in [-0.2, 0) is 0 Å². The molecular weight excluding hydrogens is 270 g/mol. The van der Waals surface area contributed by atoms with Gasteiger partial charge in [-0.3, -0.25) is 0 Å². The Kier molecular flexibility index (Phi) is 5.17. The van der Waals surface area contributed by atoms with Crippen molar-refractivity contribution in [3.63, 3.8) is 0 Å². The molecular formula is C15H15N3O3. The van der Waals surface area contributed by atoms with E-state index in [0.717, 1.165) is 0 Å². The molecule has 0 fully saturated rings. The Labute approximate surface area is 121 Å². The molecule has 6 nitrogen and oxygen atoms in total. The van der Waals surface area contributed by atoms with Crippen molar-refractivity contribution in [3.8, 4) is 11.5 Å². The molecule has 0 saturated heterocycles. The normalized spacial score (nSPS) is 13.0. The summed E-state index contributed by atoms with van der Waals surface area (Å²) in [5.74, 6) is 1.34. The Morgan fingerprint density at radius 1 is 1.00 bits per heavy atom. The molecule has 0 aliphatic rings. The van der Waals surface area contributed by atoms with E-state index in [1.54, 1.807) is 24.3 Å². The van der Waals surface area contributed by atoms with Crippen molar-refractivity contribution in [3.05, 3.63) is 70.6 Å². The zero-order valence-corrected chi connectivity index (χ0v) is 11.2. The van der Waals surface area contributed by atoms with Gasteiger partial charge in [-0.2, -0.15) is 0 Å². The highest BCUT2D eigenvalue weighted by Crippen LogP contribution is 2.24. The zero-order chi connectivity index (χ0) is 15.1. The Morgan fingerprint density at radius 3 is 2.24 bits per heavy atom. The van der Waals surface area contributed by atoms with E-state index in [-0.39, 0.29) is 6.54 Å². The predicted molar refractivity (Wildman–Crippen MR) is 77.9 cm³/mol. The van der Waals surface area contributed by atoms with Crippen molar-refractivity contribution >= 4 is 0 Å². The number of para-hydroxylation sites is 1. The van der Waals surface area contributed by atoms with Gasteiger partial charge >= 0.3 is 0 Å². The fourth-order valence-electron chi connectivity index (χ4n) is 1.80. The molecule has 0 bridgehead atoms. The van der Waals surface area contributed by atoms with Gasteiger partial charge in [0.15, 0.2) is 0 Å². The molecule has 2 rings (SSSR count). The van der Waals surface area contributed by atoms with Crippen LogP contribution in [0.15, 0.2) is 59.7 Å². The van der Waals surface area contributed by atoms with Crippen molar-refractivity contribution in [2.45, 2.75) is 12.2 Å². The maximum Gasteiger partial charge on any atom is 0.127 e. The third kappa shape index (κ3) is 4.22. The second-order valence-corrected chi connectivity index (χ2v) is 4.41. The van der Waals surface area contributed by atoms with E-state index >= 15 is 0 Å². The van der Waals surface area contributed by atoms with E-state index in [1.807, 2.05) is 30.3 Å². The third-order valence-electron chi connectivity index (χ3n) is 2.90. The van der Waals surface area contributed by atoms with Crippen LogP contribution in [0.25, 0.3) is 10.4 Å². The first-order chi connectivity index (χ1) is 10.2. The first kappa shape index (κ1) is 14.9. The molecule has 2 aromatic rings. The molecule has 0 amide bonds. The second kappa shape index (κ2) is 7.31. The Bertz CT molecular complexity index is 610. The van der Waals surface area contributed by atoms with Crippen LogP contribution in [0.1, 0.15) is 11.7 Å². The smallest absolute Gasteiger partial charge is 0.127 e. The van der Waals surface area contributed by atoms with Gasteiger partial charge in [0.2, 0.25) is 0 Å². The maximum atomic E-state index is 9.92. The van der Waals surface area contributed by atoms with Crippen molar-refractivity contribution in [1.29, 1.82) is 0 Å². The number of aliphatic hydroxyl groups is 2. The van der Waals surface area contributed by atoms with Crippen molar-refractivity contribution in [2.75, 3.05) is 6.54 Å². The van der Waals surface area contributed by atoms with Gasteiger partial charge in [0.25, 0.3) is 0 Å². The molecule has 0 heterocycles. The minimum absolute atomic E-state index is 0.181. The lowest BCUT2D eigenvalue weighted by Crippen LogP contribution is -2.21. The van der Waals surface area contributed by atoms with Gasteiger partial charge < -0.3 is 14.9 Å². The topological polar surface area (TPSA) is 98.5 Å². The van der Waals surface area contributed by atoms with Gasteiger partial charge in [0, 0.05) is 4.91 Å². The lowest BCUT2D eigenvalue weighted by atomic mass is 10.0. The average molecular weight is 285 g/mol. The summed E-state index contributed by atoms with van der Waals surface area (Å²) in [6.45, 7) is -0.181. The van der Waals surface area contributed by atoms with Crippen molar-refractivity contribution in [1.82, 2.24) is 0 Å². The van der Waals surface area contributed by atoms with E-state index in [0.29, 0.717) is 17.1 Å². The van der Waals surface area contributed by atoms with Crippen LogP contribution >= 0.6 is 0 Å². The molecule has 0 saturated carbocycles. The van der Waals surface area contributed by atoms with E-state index in [9.17, 15) is 10.2 Å². The SMILES string of the molecule is [N-]=[N+]=NCC(O)C(O)c1ccc(Oc2ccccc2)cc1. The number of aliphatic hydroxyl groups excluding tert-OH is 2. The molecule has 108 valence electrons. The van der Waals surface area contributed by atoms with Crippen LogP contribution in [0.3, 0.4) is 0 Å². The molecule has 2 aromatic carbocycles. The molecule has 2 N–H and O–H groups in total. The van der Waals surface area contributed by atoms with E-state index in [1.165, 1.54) is 0 Å². The summed E-state index contributed by atoms with van der Waals surface area (Å²) in [7, 11) is 0. The zero-order valence-electron chi connectivity index (χ0n) is 11.2. The van der Waals surface area contributed by atoms with Crippen LogP contribution in [0.5, 0.6) is 11.5 Å². The molecule has 0 aliphatic carbocycles. The quantitative estimate of drug-likeness (QED) is 0.484. The molecule has 6 heteroatoms. The summed E-state index contributed by atoms with van der Waals surface area (Å²) in [4.78, 5) is 2.55. The molecule has 0 spiro atoms. The van der Waals surface area contributed by atoms with Crippen LogP contribution in [0.2, 0.25) is 0 Å². The summed E-state index contributed by atoms with van der Waals surface area (Å²) in [6, 6.07) is 16.0. The lowest BCUT2D eigenvalue weighted by molar-refractivity contribution is 0.0244. The fourth-order valence-corrected chi connectivity index (χ4v) is 1.80. The molecule has 0 aromatic heterocycles. The molecule has 0 radical (unpaired) electrons. The summed E-state index contributed by atoms with van der Waals surface area (Å²) >= 11 is 0. The molecule has 0 aliphatic heterocycles. The summed E-state index contributed by atoms with van der Waals surface area (Å²) < 4.78 is 5.63. The number of azide groups is 1.